The van der Waals surface area contributed by atoms with Gasteiger partial charge in [-0.25, -0.2) is 4.79 Å². The van der Waals surface area contributed by atoms with Gasteiger partial charge in [0.15, 0.2) is 6.61 Å². The molecule has 0 saturated carbocycles. The molecule has 0 saturated heterocycles. The van der Waals surface area contributed by atoms with Crippen LogP contribution in [0, 0.1) is 10.1 Å². The molecule has 0 spiro atoms. The van der Waals surface area contributed by atoms with Gasteiger partial charge in [0.1, 0.15) is 0 Å². The Morgan fingerprint density at radius 1 is 1.25 bits per heavy atom. The Hall–Kier alpha value is -2.94. The van der Waals surface area contributed by atoms with E-state index in [1.165, 1.54) is 36.4 Å². The highest BCUT2D eigenvalue weighted by Crippen LogP contribution is 2.19. The maximum atomic E-state index is 11.9. The summed E-state index contributed by atoms with van der Waals surface area (Å²) in [6, 6.07) is 10.1. The van der Waals surface area contributed by atoms with Gasteiger partial charge in [0.05, 0.1) is 10.5 Å². The fourth-order valence-electron chi connectivity index (χ4n) is 1.81. The van der Waals surface area contributed by atoms with Crippen molar-refractivity contribution in [2.24, 2.45) is 0 Å². The molecule has 124 valence electrons. The van der Waals surface area contributed by atoms with E-state index in [9.17, 15) is 19.7 Å². The number of amides is 1. The molecule has 8 nitrogen and oxygen atoms in total. The number of nitro groups is 1. The summed E-state index contributed by atoms with van der Waals surface area (Å²) < 4.78 is 5.53. The molecule has 0 bridgehead atoms. The minimum atomic E-state index is -0.747. The van der Waals surface area contributed by atoms with E-state index < -0.39 is 23.4 Å². The van der Waals surface area contributed by atoms with E-state index in [1.54, 1.807) is 6.07 Å². The summed E-state index contributed by atoms with van der Waals surface area (Å²) in [5.74, 6) is -1.37. The average molecular weight is 394 g/mol. The molecule has 1 amide bonds. The molecule has 0 radical (unpaired) electrons. The number of nitrogen functional groups attached to an aromatic ring is 1. The SMILES string of the molecule is Nc1ccc(Br)cc1C(=O)OCC(=O)Nc1cccc([N+](=O)[O-])c1. The summed E-state index contributed by atoms with van der Waals surface area (Å²) in [4.78, 5) is 33.8. The van der Waals surface area contributed by atoms with Crippen LogP contribution in [0.1, 0.15) is 10.4 Å². The van der Waals surface area contributed by atoms with Crippen LogP contribution in [0.3, 0.4) is 0 Å². The molecule has 24 heavy (non-hydrogen) atoms. The molecule has 0 aliphatic carbocycles. The summed E-state index contributed by atoms with van der Waals surface area (Å²) in [7, 11) is 0. The first kappa shape index (κ1) is 17.4. The van der Waals surface area contributed by atoms with Crippen molar-refractivity contribution in [3.05, 3.63) is 62.6 Å². The minimum Gasteiger partial charge on any atom is -0.452 e. The Bertz CT molecular complexity index is 809. The van der Waals surface area contributed by atoms with Crippen molar-refractivity contribution in [2.75, 3.05) is 17.7 Å². The van der Waals surface area contributed by atoms with E-state index >= 15 is 0 Å². The number of nitrogens with two attached hydrogens (primary N) is 1. The normalized spacial score (nSPS) is 10.0. The van der Waals surface area contributed by atoms with Gasteiger partial charge in [-0.05, 0) is 24.3 Å². The van der Waals surface area contributed by atoms with Crippen molar-refractivity contribution >= 4 is 44.9 Å². The maximum Gasteiger partial charge on any atom is 0.340 e. The van der Waals surface area contributed by atoms with E-state index in [0.717, 1.165) is 0 Å². The number of non-ortho nitro benzene ring substituents is 1. The third kappa shape index (κ3) is 4.53. The Balaban J connectivity index is 1.96. The zero-order valence-electron chi connectivity index (χ0n) is 12.2. The number of rotatable bonds is 5. The second kappa shape index (κ2) is 7.55. The Morgan fingerprint density at radius 3 is 2.71 bits per heavy atom. The van der Waals surface area contributed by atoms with Crippen LogP contribution in [-0.4, -0.2) is 23.4 Å². The number of hydrogen-bond donors (Lipinski definition) is 2. The van der Waals surface area contributed by atoms with E-state index in [4.69, 9.17) is 10.5 Å². The summed E-state index contributed by atoms with van der Waals surface area (Å²) >= 11 is 3.21. The van der Waals surface area contributed by atoms with Gasteiger partial charge in [-0.15, -0.1) is 0 Å². The molecule has 0 fully saturated rings. The number of nitro benzene ring substituents is 1. The molecule has 0 aliphatic rings. The molecule has 0 aromatic heterocycles. The van der Waals surface area contributed by atoms with Crippen LogP contribution >= 0.6 is 15.9 Å². The van der Waals surface area contributed by atoms with Gasteiger partial charge >= 0.3 is 5.97 Å². The lowest BCUT2D eigenvalue weighted by atomic mass is 10.2. The fourth-order valence-corrected chi connectivity index (χ4v) is 2.17. The lowest BCUT2D eigenvalue weighted by Gasteiger charge is -2.08. The number of hydrogen-bond acceptors (Lipinski definition) is 6. The van der Waals surface area contributed by atoms with Crippen molar-refractivity contribution in [1.29, 1.82) is 0 Å². The van der Waals surface area contributed by atoms with Crippen LogP contribution in [-0.2, 0) is 9.53 Å². The van der Waals surface area contributed by atoms with Crippen molar-refractivity contribution in [2.45, 2.75) is 0 Å². The summed E-state index contributed by atoms with van der Waals surface area (Å²) in [6.45, 7) is -0.548. The zero-order chi connectivity index (χ0) is 17.7. The van der Waals surface area contributed by atoms with Gasteiger partial charge < -0.3 is 15.8 Å². The van der Waals surface area contributed by atoms with Gasteiger partial charge in [0.2, 0.25) is 0 Å². The number of ether oxygens (including phenoxy) is 1. The highest BCUT2D eigenvalue weighted by atomic mass is 79.9. The highest BCUT2D eigenvalue weighted by molar-refractivity contribution is 9.10. The van der Waals surface area contributed by atoms with Gasteiger partial charge in [0.25, 0.3) is 11.6 Å². The average Bonchev–Trinajstić information content (AvgIpc) is 2.55. The zero-order valence-corrected chi connectivity index (χ0v) is 13.8. The van der Waals surface area contributed by atoms with Crippen molar-refractivity contribution in [1.82, 2.24) is 0 Å². The van der Waals surface area contributed by atoms with E-state index in [-0.39, 0.29) is 22.6 Å². The van der Waals surface area contributed by atoms with Crippen LogP contribution in [0.4, 0.5) is 17.1 Å². The van der Waals surface area contributed by atoms with Gasteiger partial charge in [-0.1, -0.05) is 22.0 Å². The van der Waals surface area contributed by atoms with Gasteiger partial charge in [-0.3, -0.25) is 14.9 Å². The van der Waals surface area contributed by atoms with Gasteiger partial charge in [0, 0.05) is 28.0 Å². The molecule has 3 N–H and O–H groups in total. The number of halogens is 1. The first-order chi connectivity index (χ1) is 11.4. The summed E-state index contributed by atoms with van der Waals surface area (Å²) in [5.41, 5.74) is 6.10. The number of esters is 1. The largest absolute Gasteiger partial charge is 0.452 e. The summed E-state index contributed by atoms with van der Waals surface area (Å²) in [6.07, 6.45) is 0. The van der Waals surface area contributed by atoms with Crippen LogP contribution in [0.15, 0.2) is 46.9 Å². The molecule has 0 aliphatic heterocycles. The molecule has 0 unspecified atom stereocenters. The highest BCUT2D eigenvalue weighted by Gasteiger charge is 2.14. The monoisotopic (exact) mass is 393 g/mol. The van der Waals surface area contributed by atoms with Crippen LogP contribution in [0.5, 0.6) is 0 Å². The van der Waals surface area contributed by atoms with Crippen LogP contribution in [0.25, 0.3) is 0 Å². The quantitative estimate of drug-likeness (QED) is 0.348. The standard InChI is InChI=1S/C15H12BrN3O5/c16-9-4-5-13(17)12(6-9)15(21)24-8-14(20)18-10-2-1-3-11(7-10)19(22)23/h1-7H,8,17H2,(H,18,20). The van der Waals surface area contributed by atoms with Crippen molar-refractivity contribution < 1.29 is 19.2 Å². The Labute approximate surface area is 144 Å². The Kier molecular flexibility index (Phi) is 5.48. The van der Waals surface area contributed by atoms with E-state index in [0.29, 0.717) is 4.47 Å². The number of anilines is 2. The molecule has 9 heteroatoms. The number of carbonyl (C=O) groups excluding carboxylic acids is 2. The maximum absolute atomic E-state index is 11.9. The smallest absolute Gasteiger partial charge is 0.340 e. The van der Waals surface area contributed by atoms with Crippen molar-refractivity contribution in [3.8, 4) is 0 Å². The summed E-state index contributed by atoms with van der Waals surface area (Å²) in [5, 5.41) is 13.1. The van der Waals surface area contributed by atoms with Crippen LogP contribution < -0.4 is 11.1 Å². The van der Waals surface area contributed by atoms with E-state index in [1.807, 2.05) is 0 Å². The molecule has 2 aromatic rings. The predicted molar refractivity (Wildman–Crippen MR) is 90.6 cm³/mol. The molecule has 2 aromatic carbocycles. The van der Waals surface area contributed by atoms with Crippen molar-refractivity contribution in [3.63, 3.8) is 0 Å². The van der Waals surface area contributed by atoms with Gasteiger partial charge in [-0.2, -0.15) is 0 Å². The first-order valence-corrected chi connectivity index (χ1v) is 7.42. The number of nitrogens with zero attached hydrogens (tertiary/aromatic N) is 1. The predicted octanol–water partition coefficient (Wildman–Crippen LogP) is 2.74. The fraction of sp³-hybridized carbons (Fsp3) is 0.0667. The van der Waals surface area contributed by atoms with Crippen LogP contribution in [0.2, 0.25) is 0 Å². The minimum absolute atomic E-state index is 0.132. The second-order valence-corrected chi connectivity index (χ2v) is 5.58. The number of benzene rings is 2. The second-order valence-electron chi connectivity index (χ2n) is 4.66. The lowest BCUT2D eigenvalue weighted by molar-refractivity contribution is -0.384. The Morgan fingerprint density at radius 2 is 2.00 bits per heavy atom. The first-order valence-electron chi connectivity index (χ1n) is 6.63. The number of nitrogens with one attached hydrogen (secondary N) is 1. The molecule has 2 rings (SSSR count). The third-order valence-corrected chi connectivity index (χ3v) is 3.40. The molecule has 0 atom stereocenters. The third-order valence-electron chi connectivity index (χ3n) is 2.91. The molecular formula is C15H12BrN3O5. The molecule has 0 heterocycles. The lowest BCUT2D eigenvalue weighted by Crippen LogP contribution is -2.21. The van der Waals surface area contributed by atoms with E-state index in [2.05, 4.69) is 21.2 Å². The number of carbonyl (C=O) groups is 2. The molecular weight excluding hydrogens is 382 g/mol. The topological polar surface area (TPSA) is 125 Å².